The Labute approximate surface area is 125 Å². The summed E-state index contributed by atoms with van der Waals surface area (Å²) in [6.07, 6.45) is 6.15. The van der Waals surface area contributed by atoms with E-state index in [1.54, 1.807) is 0 Å². The zero-order valence-corrected chi connectivity index (χ0v) is 14.0. The Morgan fingerprint density at radius 3 is 2.05 bits per heavy atom. The van der Waals surface area contributed by atoms with E-state index >= 15 is 0 Å². The minimum absolute atomic E-state index is 0.0862. The lowest BCUT2D eigenvalue weighted by molar-refractivity contribution is -0.123. The molecular formula is C17H34N2O. The van der Waals surface area contributed by atoms with Crippen LogP contribution in [0.3, 0.4) is 0 Å². The minimum Gasteiger partial charge on any atom is -0.352 e. The summed E-state index contributed by atoms with van der Waals surface area (Å²) in [5.41, 5.74) is 0. The number of hydrogen-bond donors (Lipinski definition) is 2. The van der Waals surface area contributed by atoms with Gasteiger partial charge in [0.2, 0.25) is 5.91 Å². The van der Waals surface area contributed by atoms with Crippen LogP contribution in [0.25, 0.3) is 0 Å². The Morgan fingerprint density at radius 1 is 1.00 bits per heavy atom. The van der Waals surface area contributed by atoms with Gasteiger partial charge < -0.3 is 10.6 Å². The summed E-state index contributed by atoms with van der Waals surface area (Å²) in [4.78, 5) is 12.2. The normalized spacial score (nSPS) is 18.8. The molecule has 1 rings (SSSR count). The third-order valence-corrected chi connectivity index (χ3v) is 4.72. The molecule has 0 aromatic carbocycles. The topological polar surface area (TPSA) is 41.1 Å². The van der Waals surface area contributed by atoms with E-state index in [0.29, 0.717) is 23.8 Å². The first-order valence-corrected chi connectivity index (χ1v) is 8.45. The maximum atomic E-state index is 12.2. The Bertz CT molecular complexity index is 275. The molecule has 2 N–H and O–H groups in total. The van der Waals surface area contributed by atoms with Crippen LogP contribution in [0.2, 0.25) is 0 Å². The van der Waals surface area contributed by atoms with Crippen molar-refractivity contribution in [3.8, 4) is 0 Å². The van der Waals surface area contributed by atoms with Crippen molar-refractivity contribution in [3.63, 3.8) is 0 Å². The van der Waals surface area contributed by atoms with Crippen LogP contribution < -0.4 is 10.6 Å². The lowest BCUT2D eigenvalue weighted by Crippen LogP contribution is -2.48. The summed E-state index contributed by atoms with van der Waals surface area (Å²) in [7, 11) is 0. The predicted octanol–water partition coefficient (Wildman–Crippen LogP) is 3.34. The van der Waals surface area contributed by atoms with Gasteiger partial charge in [0.25, 0.3) is 0 Å². The van der Waals surface area contributed by atoms with Crippen molar-refractivity contribution in [2.24, 2.45) is 17.8 Å². The predicted molar refractivity (Wildman–Crippen MR) is 85.6 cm³/mol. The molecule has 1 aliphatic rings. The Kier molecular flexibility index (Phi) is 7.57. The molecule has 0 aromatic rings. The van der Waals surface area contributed by atoms with Crippen LogP contribution in [0.1, 0.15) is 66.7 Å². The lowest BCUT2D eigenvalue weighted by atomic mass is 9.85. The molecule has 118 valence electrons. The van der Waals surface area contributed by atoms with Gasteiger partial charge in [-0.05, 0) is 44.1 Å². The molecule has 0 saturated heterocycles. The highest BCUT2D eigenvalue weighted by atomic mass is 16.2. The van der Waals surface area contributed by atoms with E-state index < -0.39 is 0 Å². The van der Waals surface area contributed by atoms with E-state index in [9.17, 15) is 4.79 Å². The first-order chi connectivity index (χ1) is 9.41. The molecule has 20 heavy (non-hydrogen) atoms. The van der Waals surface area contributed by atoms with Gasteiger partial charge in [0.05, 0.1) is 6.04 Å². The summed E-state index contributed by atoms with van der Waals surface area (Å²) in [6.45, 7) is 12.0. The molecule has 0 bridgehead atoms. The molecule has 0 spiro atoms. The van der Waals surface area contributed by atoms with Crippen molar-refractivity contribution in [1.82, 2.24) is 10.6 Å². The number of carbonyl (C=O) groups excluding carboxylic acids is 1. The quantitative estimate of drug-likeness (QED) is 0.752. The lowest BCUT2D eigenvalue weighted by Gasteiger charge is -2.28. The molecule has 1 fully saturated rings. The SMILES string of the molecule is CC(NCC(C(C)C)C(C)C)C(=O)NC1CCCCC1. The molecule has 3 heteroatoms. The van der Waals surface area contributed by atoms with E-state index in [1.807, 2.05) is 6.92 Å². The highest BCUT2D eigenvalue weighted by molar-refractivity contribution is 5.81. The molecular weight excluding hydrogens is 248 g/mol. The average Bonchev–Trinajstić information content (AvgIpc) is 2.38. The van der Waals surface area contributed by atoms with Crippen molar-refractivity contribution in [1.29, 1.82) is 0 Å². The van der Waals surface area contributed by atoms with Gasteiger partial charge in [-0.3, -0.25) is 4.79 Å². The molecule has 1 saturated carbocycles. The fourth-order valence-corrected chi connectivity index (χ4v) is 3.22. The van der Waals surface area contributed by atoms with E-state index in [2.05, 4.69) is 38.3 Å². The van der Waals surface area contributed by atoms with Crippen LogP contribution >= 0.6 is 0 Å². The monoisotopic (exact) mass is 282 g/mol. The molecule has 0 aliphatic heterocycles. The zero-order valence-electron chi connectivity index (χ0n) is 14.0. The Hall–Kier alpha value is -0.570. The van der Waals surface area contributed by atoms with Crippen molar-refractivity contribution in [2.45, 2.75) is 78.8 Å². The van der Waals surface area contributed by atoms with Gasteiger partial charge in [-0.2, -0.15) is 0 Å². The van der Waals surface area contributed by atoms with Gasteiger partial charge in [0.1, 0.15) is 0 Å². The van der Waals surface area contributed by atoms with E-state index in [4.69, 9.17) is 0 Å². The second-order valence-electron chi connectivity index (χ2n) is 7.13. The van der Waals surface area contributed by atoms with Crippen LogP contribution in [0, 0.1) is 17.8 Å². The average molecular weight is 282 g/mol. The number of rotatable bonds is 7. The summed E-state index contributed by atoms with van der Waals surface area (Å²) < 4.78 is 0. The van der Waals surface area contributed by atoms with Gasteiger partial charge >= 0.3 is 0 Å². The second kappa shape index (κ2) is 8.66. The number of carbonyl (C=O) groups is 1. The number of nitrogens with one attached hydrogen (secondary N) is 2. The van der Waals surface area contributed by atoms with Crippen LogP contribution in [0.15, 0.2) is 0 Å². The van der Waals surface area contributed by atoms with E-state index in [-0.39, 0.29) is 11.9 Å². The first kappa shape index (κ1) is 17.5. The van der Waals surface area contributed by atoms with Crippen molar-refractivity contribution >= 4 is 5.91 Å². The molecule has 1 aliphatic carbocycles. The van der Waals surface area contributed by atoms with Crippen LogP contribution in [0.4, 0.5) is 0 Å². The fourth-order valence-electron chi connectivity index (χ4n) is 3.22. The van der Waals surface area contributed by atoms with Gasteiger partial charge in [-0.15, -0.1) is 0 Å². The van der Waals surface area contributed by atoms with Crippen molar-refractivity contribution in [2.75, 3.05) is 6.54 Å². The Balaban J connectivity index is 2.33. The highest BCUT2D eigenvalue weighted by Crippen LogP contribution is 2.20. The standard InChI is InChI=1S/C17H34N2O/c1-12(2)16(13(3)4)11-18-14(5)17(20)19-15-9-7-6-8-10-15/h12-16,18H,6-11H2,1-5H3,(H,19,20). The Morgan fingerprint density at radius 2 is 1.55 bits per heavy atom. The van der Waals surface area contributed by atoms with Crippen LogP contribution in [-0.4, -0.2) is 24.5 Å². The summed E-state index contributed by atoms with van der Waals surface area (Å²) >= 11 is 0. The van der Waals surface area contributed by atoms with Crippen molar-refractivity contribution < 1.29 is 4.79 Å². The molecule has 0 aromatic heterocycles. The smallest absolute Gasteiger partial charge is 0.237 e. The molecule has 3 nitrogen and oxygen atoms in total. The third-order valence-electron chi connectivity index (χ3n) is 4.72. The number of amides is 1. The molecule has 0 heterocycles. The van der Waals surface area contributed by atoms with Gasteiger partial charge in [0, 0.05) is 6.04 Å². The summed E-state index contributed by atoms with van der Waals surface area (Å²) in [6, 6.07) is 0.323. The van der Waals surface area contributed by atoms with Gasteiger partial charge in [0.15, 0.2) is 0 Å². The largest absolute Gasteiger partial charge is 0.352 e. The second-order valence-corrected chi connectivity index (χ2v) is 7.13. The highest BCUT2D eigenvalue weighted by Gasteiger charge is 2.22. The summed E-state index contributed by atoms with van der Waals surface area (Å²) in [5.74, 6) is 2.09. The minimum atomic E-state index is -0.0862. The zero-order chi connectivity index (χ0) is 15.1. The number of hydrogen-bond acceptors (Lipinski definition) is 2. The molecule has 0 radical (unpaired) electrons. The van der Waals surface area contributed by atoms with E-state index in [1.165, 1.54) is 19.3 Å². The molecule has 1 amide bonds. The first-order valence-electron chi connectivity index (χ1n) is 8.45. The molecule has 1 atom stereocenters. The fraction of sp³-hybridized carbons (Fsp3) is 0.941. The maximum Gasteiger partial charge on any atom is 0.237 e. The molecule has 1 unspecified atom stereocenters. The third kappa shape index (κ3) is 5.82. The van der Waals surface area contributed by atoms with Crippen LogP contribution in [-0.2, 0) is 4.79 Å². The van der Waals surface area contributed by atoms with Crippen molar-refractivity contribution in [3.05, 3.63) is 0 Å². The van der Waals surface area contributed by atoms with Crippen LogP contribution in [0.5, 0.6) is 0 Å². The summed E-state index contributed by atoms with van der Waals surface area (Å²) in [5, 5.41) is 6.62. The van der Waals surface area contributed by atoms with E-state index in [0.717, 1.165) is 19.4 Å². The van der Waals surface area contributed by atoms with Gasteiger partial charge in [-0.1, -0.05) is 47.0 Å². The maximum absolute atomic E-state index is 12.2. The van der Waals surface area contributed by atoms with Gasteiger partial charge in [-0.25, -0.2) is 0 Å².